The van der Waals surface area contributed by atoms with Gasteiger partial charge in [-0.3, -0.25) is 4.79 Å². The van der Waals surface area contributed by atoms with Gasteiger partial charge >= 0.3 is 0 Å². The molecule has 1 aromatic carbocycles. The first-order valence-electron chi connectivity index (χ1n) is 8.22. The Morgan fingerprint density at radius 2 is 1.68 bits per heavy atom. The number of rotatable bonds is 3. The van der Waals surface area contributed by atoms with Crippen LogP contribution in [0, 0.1) is 0 Å². The molecular weight excluding hydrogens is 316 g/mol. The summed E-state index contributed by atoms with van der Waals surface area (Å²) in [5.74, 6) is 1.67. The van der Waals surface area contributed by atoms with Crippen molar-refractivity contribution >= 4 is 11.7 Å². The van der Waals surface area contributed by atoms with Crippen LogP contribution in [0.5, 0.6) is 0 Å². The van der Waals surface area contributed by atoms with Crippen molar-refractivity contribution < 1.29 is 4.79 Å². The van der Waals surface area contributed by atoms with Gasteiger partial charge in [0.1, 0.15) is 12.1 Å². The molecule has 1 fully saturated rings. The van der Waals surface area contributed by atoms with Crippen molar-refractivity contribution in [2.24, 2.45) is 0 Å². The van der Waals surface area contributed by atoms with Crippen LogP contribution < -0.4 is 4.90 Å². The quantitative estimate of drug-likeness (QED) is 0.728. The molecule has 1 aliphatic rings. The molecule has 0 bridgehead atoms. The maximum Gasteiger partial charge on any atom is 0.253 e. The van der Waals surface area contributed by atoms with Gasteiger partial charge in [-0.2, -0.15) is 5.10 Å². The van der Waals surface area contributed by atoms with Crippen LogP contribution >= 0.6 is 0 Å². The van der Waals surface area contributed by atoms with E-state index in [1.165, 1.54) is 0 Å². The van der Waals surface area contributed by atoms with Crippen molar-refractivity contribution in [1.29, 1.82) is 0 Å². The van der Waals surface area contributed by atoms with Gasteiger partial charge in [0.15, 0.2) is 5.82 Å². The summed E-state index contributed by atoms with van der Waals surface area (Å²) in [7, 11) is 0. The highest BCUT2D eigenvalue weighted by Crippen LogP contribution is 2.16. The Balaban J connectivity index is 1.44. The predicted molar refractivity (Wildman–Crippen MR) is 93.7 cm³/mol. The molecule has 0 aliphatic carbocycles. The van der Waals surface area contributed by atoms with Crippen molar-refractivity contribution in [3.05, 3.63) is 66.7 Å². The number of hydrogen-bond donors (Lipinski definition) is 0. The van der Waals surface area contributed by atoms with E-state index in [1.54, 1.807) is 17.2 Å². The van der Waals surface area contributed by atoms with Crippen LogP contribution in [0.4, 0.5) is 5.82 Å². The summed E-state index contributed by atoms with van der Waals surface area (Å²) in [5.41, 5.74) is 0.735. The van der Waals surface area contributed by atoms with Gasteiger partial charge in [0.25, 0.3) is 5.91 Å². The van der Waals surface area contributed by atoms with Gasteiger partial charge in [0, 0.05) is 50.2 Å². The summed E-state index contributed by atoms with van der Waals surface area (Å²) in [6.45, 7) is 2.84. The number of nitrogens with zero attached hydrogens (tertiary/aromatic N) is 6. The second kappa shape index (κ2) is 6.72. The van der Waals surface area contributed by atoms with Gasteiger partial charge in [0.05, 0.1) is 0 Å². The molecule has 0 N–H and O–H groups in total. The van der Waals surface area contributed by atoms with Crippen molar-refractivity contribution in [3.8, 4) is 5.82 Å². The minimum atomic E-state index is 0.0835. The van der Waals surface area contributed by atoms with Crippen LogP contribution in [0.25, 0.3) is 5.82 Å². The second-order valence-corrected chi connectivity index (χ2v) is 5.83. The highest BCUT2D eigenvalue weighted by atomic mass is 16.2. The van der Waals surface area contributed by atoms with Gasteiger partial charge in [0.2, 0.25) is 0 Å². The van der Waals surface area contributed by atoms with Crippen LogP contribution in [0.15, 0.2) is 61.2 Å². The Morgan fingerprint density at radius 3 is 2.40 bits per heavy atom. The molecule has 0 saturated carbocycles. The molecule has 1 aliphatic heterocycles. The Morgan fingerprint density at radius 1 is 0.920 bits per heavy atom. The Kier molecular flexibility index (Phi) is 4.12. The van der Waals surface area contributed by atoms with Gasteiger partial charge in [-0.05, 0) is 18.2 Å². The molecule has 0 spiro atoms. The van der Waals surface area contributed by atoms with Crippen molar-refractivity contribution in [1.82, 2.24) is 24.6 Å². The third kappa shape index (κ3) is 3.21. The zero-order valence-corrected chi connectivity index (χ0v) is 13.7. The first-order valence-corrected chi connectivity index (χ1v) is 8.22. The van der Waals surface area contributed by atoms with Gasteiger partial charge in [-0.15, -0.1) is 0 Å². The molecule has 1 saturated heterocycles. The van der Waals surface area contributed by atoms with E-state index in [1.807, 2.05) is 53.6 Å². The molecule has 0 unspecified atom stereocenters. The number of amides is 1. The predicted octanol–water partition coefficient (Wildman–Crippen LogP) is 1.62. The lowest BCUT2D eigenvalue weighted by atomic mass is 10.2. The van der Waals surface area contributed by atoms with E-state index < -0.39 is 0 Å². The fraction of sp³-hybridized carbons (Fsp3) is 0.222. The van der Waals surface area contributed by atoms with Crippen LogP contribution in [0.1, 0.15) is 10.4 Å². The third-order valence-corrected chi connectivity index (χ3v) is 4.29. The minimum absolute atomic E-state index is 0.0835. The molecule has 0 radical (unpaired) electrons. The SMILES string of the molecule is O=C(c1ccccc1)N1CCN(c2cc(-n3cccn3)ncn2)CC1. The zero-order valence-electron chi connectivity index (χ0n) is 13.7. The van der Waals surface area contributed by atoms with Gasteiger partial charge in [-0.1, -0.05) is 18.2 Å². The Bertz CT molecular complexity index is 841. The van der Waals surface area contributed by atoms with E-state index in [4.69, 9.17) is 0 Å². The summed E-state index contributed by atoms with van der Waals surface area (Å²) in [6, 6.07) is 13.2. The van der Waals surface area contributed by atoms with Gasteiger partial charge < -0.3 is 9.80 Å². The van der Waals surface area contributed by atoms with E-state index in [2.05, 4.69) is 20.0 Å². The Labute approximate surface area is 145 Å². The van der Waals surface area contributed by atoms with Crippen LogP contribution in [0.2, 0.25) is 0 Å². The maximum atomic E-state index is 12.5. The average molecular weight is 334 g/mol. The number of carbonyl (C=O) groups is 1. The molecular formula is C18H18N6O. The van der Waals surface area contributed by atoms with Gasteiger partial charge in [-0.25, -0.2) is 14.6 Å². The van der Waals surface area contributed by atoms with Crippen LogP contribution in [-0.2, 0) is 0 Å². The van der Waals surface area contributed by atoms with Crippen molar-refractivity contribution in [2.75, 3.05) is 31.1 Å². The molecule has 25 heavy (non-hydrogen) atoms. The maximum absolute atomic E-state index is 12.5. The number of hydrogen-bond acceptors (Lipinski definition) is 5. The molecule has 3 aromatic rings. The lowest BCUT2D eigenvalue weighted by Gasteiger charge is -2.35. The third-order valence-electron chi connectivity index (χ3n) is 4.29. The molecule has 4 rings (SSSR count). The van der Waals surface area contributed by atoms with E-state index in [0.717, 1.165) is 30.3 Å². The molecule has 1 amide bonds. The largest absolute Gasteiger partial charge is 0.353 e. The first-order chi connectivity index (χ1) is 12.3. The number of aromatic nitrogens is 4. The number of anilines is 1. The van der Waals surface area contributed by atoms with E-state index in [-0.39, 0.29) is 5.91 Å². The number of benzene rings is 1. The summed E-state index contributed by atoms with van der Waals surface area (Å²) in [6.07, 6.45) is 5.12. The zero-order chi connectivity index (χ0) is 17.1. The Hall–Kier alpha value is -3.22. The molecule has 126 valence electrons. The van der Waals surface area contributed by atoms with Crippen LogP contribution in [-0.4, -0.2) is 56.7 Å². The topological polar surface area (TPSA) is 67.2 Å². The second-order valence-electron chi connectivity index (χ2n) is 5.83. The van der Waals surface area contributed by atoms with E-state index >= 15 is 0 Å². The highest BCUT2D eigenvalue weighted by Gasteiger charge is 2.23. The van der Waals surface area contributed by atoms with E-state index in [0.29, 0.717) is 13.1 Å². The summed E-state index contributed by atoms with van der Waals surface area (Å²) < 4.78 is 1.71. The summed E-state index contributed by atoms with van der Waals surface area (Å²) in [5, 5.41) is 4.20. The monoisotopic (exact) mass is 334 g/mol. The number of piperazine rings is 1. The molecule has 3 heterocycles. The lowest BCUT2D eigenvalue weighted by Crippen LogP contribution is -2.49. The minimum Gasteiger partial charge on any atom is -0.353 e. The lowest BCUT2D eigenvalue weighted by molar-refractivity contribution is 0.0746. The molecule has 7 heteroatoms. The highest BCUT2D eigenvalue weighted by molar-refractivity contribution is 5.94. The fourth-order valence-electron chi connectivity index (χ4n) is 2.94. The normalized spacial score (nSPS) is 14.6. The number of carbonyl (C=O) groups excluding carboxylic acids is 1. The summed E-state index contributed by atoms with van der Waals surface area (Å²) >= 11 is 0. The fourth-order valence-corrected chi connectivity index (χ4v) is 2.94. The van der Waals surface area contributed by atoms with E-state index in [9.17, 15) is 4.79 Å². The smallest absolute Gasteiger partial charge is 0.253 e. The first kappa shape index (κ1) is 15.3. The standard InChI is InChI=1S/C18H18N6O/c25-18(15-5-2-1-3-6-15)23-11-9-22(10-12-23)16-13-17(20-14-19-16)24-8-4-7-21-24/h1-8,13-14H,9-12H2. The average Bonchev–Trinajstić information content (AvgIpc) is 3.23. The molecule has 2 aromatic heterocycles. The summed E-state index contributed by atoms with van der Waals surface area (Å²) in [4.78, 5) is 25.2. The molecule has 0 atom stereocenters. The van der Waals surface area contributed by atoms with Crippen molar-refractivity contribution in [3.63, 3.8) is 0 Å². The van der Waals surface area contributed by atoms with Crippen LogP contribution in [0.3, 0.4) is 0 Å². The molecule has 7 nitrogen and oxygen atoms in total. The van der Waals surface area contributed by atoms with Crippen molar-refractivity contribution in [2.45, 2.75) is 0 Å².